The number of benzene rings is 3. The molecule has 0 fully saturated rings. The summed E-state index contributed by atoms with van der Waals surface area (Å²) >= 11 is 0. The minimum atomic E-state index is -3.52. The van der Waals surface area contributed by atoms with Gasteiger partial charge in [-0.05, 0) is 0 Å². The Kier molecular flexibility index (Phi) is 3.23. The third kappa shape index (κ3) is 1.91. The summed E-state index contributed by atoms with van der Waals surface area (Å²) in [4.78, 5) is 0. The summed E-state index contributed by atoms with van der Waals surface area (Å²) in [6, 6.07) is 27.8. The average Bonchev–Trinajstić information content (AvgIpc) is 3.01. The molecule has 138 valence electrons. The van der Waals surface area contributed by atoms with E-state index in [0.29, 0.717) is 0 Å². The van der Waals surface area contributed by atoms with Gasteiger partial charge in [0, 0.05) is 0 Å². The Bertz CT molecular complexity index is 987. The van der Waals surface area contributed by atoms with Crippen molar-refractivity contribution in [1.29, 1.82) is 0 Å². The molecular weight excluding hydrogens is 351 g/mol. The molecule has 0 aliphatic carbocycles. The van der Waals surface area contributed by atoms with Gasteiger partial charge in [0.2, 0.25) is 0 Å². The molecule has 3 heteroatoms. The number of rotatable bonds is 1. The minimum absolute atomic E-state index is 0.433. The summed E-state index contributed by atoms with van der Waals surface area (Å²) in [6.45, 7) is 8.64. The van der Waals surface area contributed by atoms with E-state index in [9.17, 15) is 0 Å². The molecule has 27 heavy (non-hydrogen) atoms. The van der Waals surface area contributed by atoms with Crippen LogP contribution in [-0.2, 0) is 20.2 Å². The van der Waals surface area contributed by atoms with E-state index in [1.54, 1.807) is 0 Å². The van der Waals surface area contributed by atoms with Crippen LogP contribution in [0.5, 0.6) is 0 Å². The van der Waals surface area contributed by atoms with Crippen LogP contribution in [0.15, 0.2) is 78.9 Å². The van der Waals surface area contributed by atoms with E-state index in [0.717, 1.165) is 5.30 Å². The molecule has 1 spiro atoms. The fourth-order valence-electron chi connectivity index (χ4n) is 5.07. The molecule has 0 unspecified atom stereocenters. The molecule has 0 bridgehead atoms. The van der Waals surface area contributed by atoms with E-state index in [4.69, 9.17) is 9.05 Å². The first-order valence-electron chi connectivity index (χ1n) is 9.51. The predicted octanol–water partition coefficient (Wildman–Crippen LogP) is 4.88. The summed E-state index contributed by atoms with van der Waals surface area (Å²) in [5.41, 5.74) is 1.58. The molecule has 0 amide bonds. The molecule has 0 saturated carbocycles. The van der Waals surface area contributed by atoms with Gasteiger partial charge in [-0.2, -0.15) is 0 Å². The topological polar surface area (TPSA) is 18.5 Å². The van der Waals surface area contributed by atoms with Crippen LogP contribution in [0.4, 0.5) is 0 Å². The van der Waals surface area contributed by atoms with Gasteiger partial charge in [0.15, 0.2) is 0 Å². The van der Waals surface area contributed by atoms with E-state index in [1.807, 2.05) is 0 Å². The van der Waals surface area contributed by atoms with Crippen LogP contribution in [0.25, 0.3) is 0 Å². The summed E-state index contributed by atoms with van der Waals surface area (Å²) in [5.74, 6) is 0. The van der Waals surface area contributed by atoms with E-state index >= 15 is 0 Å². The zero-order valence-corrected chi connectivity index (χ0v) is 17.2. The number of fused-ring (bicyclic) bond motifs is 4. The SMILES string of the molecule is CC1(C)OP2(c3ccccc3)(OC(C)(C)c3ccccc32)c2ccccc21. The van der Waals surface area contributed by atoms with Gasteiger partial charge in [0.05, 0.1) is 0 Å². The van der Waals surface area contributed by atoms with E-state index in [-0.39, 0.29) is 0 Å². The summed E-state index contributed by atoms with van der Waals surface area (Å²) < 4.78 is 14.4. The van der Waals surface area contributed by atoms with Crippen molar-refractivity contribution in [2.45, 2.75) is 38.9 Å². The van der Waals surface area contributed by atoms with E-state index in [1.165, 1.54) is 21.7 Å². The second-order valence-electron chi connectivity index (χ2n) is 8.53. The average molecular weight is 376 g/mol. The van der Waals surface area contributed by atoms with Gasteiger partial charge in [-0.25, -0.2) is 0 Å². The first-order valence-corrected chi connectivity index (χ1v) is 11.6. The van der Waals surface area contributed by atoms with Crippen LogP contribution in [-0.4, -0.2) is 0 Å². The summed E-state index contributed by atoms with van der Waals surface area (Å²) in [6.07, 6.45) is 0. The Balaban J connectivity index is 2.02. The Morgan fingerprint density at radius 1 is 0.556 bits per heavy atom. The standard InChI is InChI=1S/C24H25O2P/c1-23(2)19-14-8-10-16-21(19)27(25-23,18-12-6-5-7-13-18)22-17-11-9-15-20(22)24(3,4)26-27/h5-17H,1-4H3. The molecule has 0 saturated heterocycles. The monoisotopic (exact) mass is 376 g/mol. The molecule has 3 aromatic carbocycles. The number of hydrogen-bond acceptors (Lipinski definition) is 2. The Morgan fingerprint density at radius 2 is 0.963 bits per heavy atom. The van der Waals surface area contributed by atoms with Gasteiger partial charge in [-0.15, -0.1) is 0 Å². The fraction of sp³-hybridized carbons (Fsp3) is 0.250. The number of hydrogen-bond donors (Lipinski definition) is 0. The van der Waals surface area contributed by atoms with Gasteiger partial charge < -0.3 is 0 Å². The van der Waals surface area contributed by atoms with Crippen LogP contribution in [0.1, 0.15) is 38.8 Å². The first kappa shape index (κ1) is 17.1. The van der Waals surface area contributed by atoms with Crippen molar-refractivity contribution in [1.82, 2.24) is 0 Å². The zero-order chi connectivity index (χ0) is 18.9. The summed E-state index contributed by atoms with van der Waals surface area (Å²) in [5, 5.41) is 3.55. The Morgan fingerprint density at radius 3 is 1.44 bits per heavy atom. The maximum absolute atomic E-state index is 7.21. The third-order valence-corrected chi connectivity index (χ3v) is 11.4. The molecular formula is C24H25O2P. The van der Waals surface area contributed by atoms with Crippen molar-refractivity contribution >= 4 is 23.0 Å². The molecule has 2 aliphatic heterocycles. The van der Waals surface area contributed by atoms with E-state index < -0.39 is 18.3 Å². The molecule has 3 aromatic rings. The molecule has 0 radical (unpaired) electrons. The molecule has 0 N–H and O–H groups in total. The van der Waals surface area contributed by atoms with Crippen molar-refractivity contribution in [2.75, 3.05) is 0 Å². The van der Waals surface area contributed by atoms with Crippen molar-refractivity contribution < 1.29 is 9.05 Å². The maximum atomic E-state index is 7.21. The van der Waals surface area contributed by atoms with Crippen molar-refractivity contribution in [3.8, 4) is 0 Å². The molecule has 2 heterocycles. The van der Waals surface area contributed by atoms with Crippen molar-refractivity contribution in [3.63, 3.8) is 0 Å². The molecule has 5 rings (SSSR count). The molecule has 0 atom stereocenters. The fourth-order valence-corrected chi connectivity index (χ4v) is 11.5. The molecule has 0 aromatic heterocycles. The van der Waals surface area contributed by atoms with Crippen molar-refractivity contribution in [3.05, 3.63) is 90.0 Å². The van der Waals surface area contributed by atoms with Crippen molar-refractivity contribution in [2.24, 2.45) is 0 Å². The van der Waals surface area contributed by atoms with Crippen LogP contribution in [0, 0.1) is 0 Å². The van der Waals surface area contributed by atoms with Gasteiger partial charge in [-0.1, -0.05) is 0 Å². The van der Waals surface area contributed by atoms with E-state index in [2.05, 4.69) is 107 Å². The summed E-state index contributed by atoms with van der Waals surface area (Å²) in [7, 11) is -3.52. The van der Waals surface area contributed by atoms with Gasteiger partial charge in [-0.3, -0.25) is 0 Å². The Hall–Kier alpha value is -1.99. The van der Waals surface area contributed by atoms with Gasteiger partial charge in [0.25, 0.3) is 0 Å². The van der Waals surface area contributed by atoms with Crippen LogP contribution in [0.3, 0.4) is 0 Å². The quantitative estimate of drug-likeness (QED) is 0.564. The molecule has 2 nitrogen and oxygen atoms in total. The second kappa shape index (κ2) is 5.08. The van der Waals surface area contributed by atoms with Crippen LogP contribution in [0.2, 0.25) is 0 Å². The normalized spacial score (nSPS) is 23.9. The third-order valence-electron chi connectivity index (χ3n) is 6.01. The molecule has 2 aliphatic rings. The van der Waals surface area contributed by atoms with Crippen LogP contribution < -0.4 is 15.9 Å². The van der Waals surface area contributed by atoms with Crippen LogP contribution >= 0.6 is 7.06 Å². The second-order valence-corrected chi connectivity index (χ2v) is 12.3. The Labute approximate surface area is 161 Å². The predicted molar refractivity (Wildman–Crippen MR) is 113 cm³/mol. The zero-order valence-electron chi connectivity index (χ0n) is 16.3. The van der Waals surface area contributed by atoms with Gasteiger partial charge >= 0.3 is 161 Å². The first-order chi connectivity index (χ1) is 12.8. The van der Waals surface area contributed by atoms with Gasteiger partial charge in [0.1, 0.15) is 0 Å².